The van der Waals surface area contributed by atoms with Crippen LogP contribution in [0.25, 0.3) is 0 Å². The zero-order valence-corrected chi connectivity index (χ0v) is 12.2. The van der Waals surface area contributed by atoms with Crippen molar-refractivity contribution in [3.05, 3.63) is 64.2 Å². The number of carbonyl (C=O) groups excluding carboxylic acids is 1. The van der Waals surface area contributed by atoms with Crippen molar-refractivity contribution in [3.63, 3.8) is 0 Å². The molecular weight excluding hydrogens is 286 g/mol. The lowest BCUT2D eigenvalue weighted by atomic mass is 10.1. The molecule has 0 saturated carbocycles. The molecule has 0 unspecified atom stereocenters. The first kappa shape index (κ1) is 15.1. The number of carbonyl (C=O) groups is 1. The Morgan fingerprint density at radius 2 is 1.95 bits per heavy atom. The summed E-state index contributed by atoms with van der Waals surface area (Å²) in [6.45, 7) is 1.68. The van der Waals surface area contributed by atoms with Crippen LogP contribution in [0.3, 0.4) is 0 Å². The van der Waals surface area contributed by atoms with Crippen molar-refractivity contribution >= 4 is 23.2 Å². The minimum atomic E-state index is -0.191. The molecule has 0 fully saturated rings. The second kappa shape index (κ2) is 6.94. The minimum Gasteiger partial charge on any atom is -0.384 e. The predicted molar refractivity (Wildman–Crippen MR) is 84.5 cm³/mol. The first-order valence-corrected chi connectivity index (χ1v) is 6.75. The second-order valence-electron chi connectivity index (χ2n) is 4.46. The van der Waals surface area contributed by atoms with Crippen molar-refractivity contribution in [1.82, 2.24) is 0 Å². The van der Waals surface area contributed by atoms with Crippen LogP contribution in [0.4, 0.5) is 5.69 Å². The first-order valence-electron chi connectivity index (χ1n) is 6.37. The third kappa shape index (κ3) is 4.09. The lowest BCUT2D eigenvalue weighted by Crippen LogP contribution is -2.11. The van der Waals surface area contributed by atoms with Crippen molar-refractivity contribution in [3.8, 4) is 11.8 Å². The average Bonchev–Trinajstić information content (AvgIpc) is 2.49. The molecule has 0 aliphatic rings. The van der Waals surface area contributed by atoms with E-state index in [-0.39, 0.29) is 12.5 Å². The Morgan fingerprint density at radius 1 is 1.24 bits per heavy atom. The molecule has 0 saturated heterocycles. The van der Waals surface area contributed by atoms with Crippen LogP contribution in [-0.4, -0.2) is 17.6 Å². The van der Waals surface area contributed by atoms with Gasteiger partial charge in [0.2, 0.25) is 0 Å². The number of amides is 1. The lowest BCUT2D eigenvalue weighted by Gasteiger charge is -2.06. The van der Waals surface area contributed by atoms with Crippen molar-refractivity contribution in [2.45, 2.75) is 6.92 Å². The molecule has 2 aromatic carbocycles. The summed E-state index contributed by atoms with van der Waals surface area (Å²) in [6.07, 6.45) is 0. The van der Waals surface area contributed by atoms with E-state index in [1.807, 2.05) is 6.92 Å². The molecule has 4 heteroatoms. The highest BCUT2D eigenvalue weighted by molar-refractivity contribution is 6.31. The Balaban J connectivity index is 2.10. The van der Waals surface area contributed by atoms with Gasteiger partial charge in [-0.15, -0.1) is 0 Å². The molecule has 0 aliphatic carbocycles. The average molecular weight is 300 g/mol. The molecule has 106 valence electrons. The summed E-state index contributed by atoms with van der Waals surface area (Å²) >= 11 is 5.94. The molecule has 0 radical (unpaired) electrons. The maximum Gasteiger partial charge on any atom is 0.255 e. The Hall–Kier alpha value is -2.28. The number of hydrogen-bond donors (Lipinski definition) is 2. The van der Waals surface area contributed by atoms with Gasteiger partial charge in [-0.25, -0.2) is 0 Å². The third-order valence-corrected chi connectivity index (χ3v) is 3.30. The number of rotatable bonds is 2. The molecule has 21 heavy (non-hydrogen) atoms. The summed E-state index contributed by atoms with van der Waals surface area (Å²) in [5, 5.41) is 12.1. The SMILES string of the molecule is Cc1cc(C(=O)Nc2ccc(C#CCO)cc2)ccc1Cl. The van der Waals surface area contributed by atoms with Gasteiger partial charge < -0.3 is 10.4 Å². The number of anilines is 1. The number of nitrogens with one attached hydrogen (secondary N) is 1. The fraction of sp³-hybridized carbons (Fsp3) is 0.118. The van der Waals surface area contributed by atoms with Gasteiger partial charge in [0.25, 0.3) is 5.91 Å². The first-order chi connectivity index (χ1) is 10.1. The van der Waals surface area contributed by atoms with Crippen LogP contribution in [0.2, 0.25) is 5.02 Å². The van der Waals surface area contributed by atoms with Crippen molar-refractivity contribution in [2.75, 3.05) is 11.9 Å². The zero-order valence-electron chi connectivity index (χ0n) is 11.5. The summed E-state index contributed by atoms with van der Waals surface area (Å²) in [5.41, 5.74) is 2.88. The number of aliphatic hydroxyl groups is 1. The molecule has 1 amide bonds. The van der Waals surface area contributed by atoms with Gasteiger partial charge in [-0.05, 0) is 55.0 Å². The number of aliphatic hydroxyl groups excluding tert-OH is 1. The minimum absolute atomic E-state index is 0.172. The van der Waals surface area contributed by atoms with Crippen LogP contribution in [0.5, 0.6) is 0 Å². The Bertz CT molecular complexity index is 712. The quantitative estimate of drug-likeness (QED) is 0.836. The van der Waals surface area contributed by atoms with Gasteiger partial charge in [0.15, 0.2) is 0 Å². The lowest BCUT2D eigenvalue weighted by molar-refractivity contribution is 0.102. The molecule has 0 spiro atoms. The van der Waals surface area contributed by atoms with Crippen LogP contribution in [0.15, 0.2) is 42.5 Å². The molecule has 0 heterocycles. The molecule has 2 rings (SSSR count). The highest BCUT2D eigenvalue weighted by Crippen LogP contribution is 2.17. The zero-order chi connectivity index (χ0) is 15.2. The molecular formula is C17H14ClNO2. The smallest absolute Gasteiger partial charge is 0.255 e. The Kier molecular flexibility index (Phi) is 4.99. The number of halogens is 1. The molecule has 0 bridgehead atoms. The fourth-order valence-corrected chi connectivity index (χ4v) is 1.89. The van der Waals surface area contributed by atoms with Crippen molar-refractivity contribution < 1.29 is 9.90 Å². The third-order valence-electron chi connectivity index (χ3n) is 2.87. The largest absolute Gasteiger partial charge is 0.384 e. The summed E-state index contributed by atoms with van der Waals surface area (Å²) in [7, 11) is 0. The number of hydrogen-bond acceptors (Lipinski definition) is 2. The fourth-order valence-electron chi connectivity index (χ4n) is 1.77. The van der Waals surface area contributed by atoms with E-state index in [2.05, 4.69) is 17.2 Å². The topological polar surface area (TPSA) is 49.3 Å². The number of benzene rings is 2. The second-order valence-corrected chi connectivity index (χ2v) is 4.86. The van der Waals surface area contributed by atoms with Gasteiger partial charge >= 0.3 is 0 Å². The summed E-state index contributed by atoms with van der Waals surface area (Å²) in [6, 6.07) is 12.2. The Labute approximate surface area is 128 Å². The van der Waals surface area contributed by atoms with Crippen molar-refractivity contribution in [1.29, 1.82) is 0 Å². The van der Waals surface area contributed by atoms with Gasteiger partial charge in [-0.2, -0.15) is 0 Å². The maximum absolute atomic E-state index is 12.1. The van der Waals surface area contributed by atoms with E-state index < -0.39 is 0 Å². The summed E-state index contributed by atoms with van der Waals surface area (Å²) < 4.78 is 0. The summed E-state index contributed by atoms with van der Waals surface area (Å²) in [5.74, 6) is 5.17. The standard InChI is InChI=1S/C17H14ClNO2/c1-12-11-14(6-9-16(12)18)17(21)19-15-7-4-13(5-8-15)3-2-10-20/h4-9,11,20H,10H2,1H3,(H,19,21). The van der Waals surface area contributed by atoms with Crippen LogP contribution in [0.1, 0.15) is 21.5 Å². The molecule has 2 N–H and O–H groups in total. The number of aryl methyl sites for hydroxylation is 1. The maximum atomic E-state index is 12.1. The normalized spacial score (nSPS) is 9.67. The van der Waals surface area contributed by atoms with E-state index in [4.69, 9.17) is 16.7 Å². The molecule has 0 aromatic heterocycles. The van der Waals surface area contributed by atoms with E-state index in [1.54, 1.807) is 42.5 Å². The van der Waals surface area contributed by atoms with E-state index in [9.17, 15) is 4.79 Å². The van der Waals surface area contributed by atoms with Crippen LogP contribution < -0.4 is 5.32 Å². The van der Waals surface area contributed by atoms with Crippen LogP contribution in [-0.2, 0) is 0 Å². The van der Waals surface area contributed by atoms with Crippen LogP contribution in [0, 0.1) is 18.8 Å². The predicted octanol–water partition coefficient (Wildman–Crippen LogP) is 3.24. The van der Waals surface area contributed by atoms with Crippen molar-refractivity contribution in [2.24, 2.45) is 0 Å². The van der Waals surface area contributed by atoms with E-state index in [1.165, 1.54) is 0 Å². The molecule has 3 nitrogen and oxygen atoms in total. The van der Waals surface area contributed by atoms with Gasteiger partial charge in [0.05, 0.1) is 0 Å². The van der Waals surface area contributed by atoms with Gasteiger partial charge in [-0.1, -0.05) is 23.4 Å². The highest BCUT2D eigenvalue weighted by atomic mass is 35.5. The summed E-state index contributed by atoms with van der Waals surface area (Å²) in [4.78, 5) is 12.1. The van der Waals surface area contributed by atoms with E-state index in [0.29, 0.717) is 16.3 Å². The monoisotopic (exact) mass is 299 g/mol. The molecule has 0 aliphatic heterocycles. The Morgan fingerprint density at radius 3 is 2.57 bits per heavy atom. The highest BCUT2D eigenvalue weighted by Gasteiger charge is 2.07. The van der Waals surface area contributed by atoms with E-state index >= 15 is 0 Å². The van der Waals surface area contributed by atoms with Gasteiger partial charge in [-0.3, -0.25) is 4.79 Å². The van der Waals surface area contributed by atoms with Gasteiger partial charge in [0, 0.05) is 21.8 Å². The van der Waals surface area contributed by atoms with Gasteiger partial charge in [0.1, 0.15) is 6.61 Å². The molecule has 0 atom stereocenters. The molecule has 2 aromatic rings. The van der Waals surface area contributed by atoms with Crippen LogP contribution >= 0.6 is 11.6 Å². The van der Waals surface area contributed by atoms with E-state index in [0.717, 1.165) is 11.1 Å².